The van der Waals surface area contributed by atoms with Gasteiger partial charge in [-0.3, -0.25) is 19.7 Å². The maximum Gasteiger partial charge on any atom is 0.310 e. The molecule has 1 heterocycles. The topological polar surface area (TPSA) is 110 Å². The number of carboxylic acids is 1. The number of rotatable bonds is 6. The molecule has 0 bridgehead atoms. The van der Waals surface area contributed by atoms with Crippen LogP contribution in [0.2, 0.25) is 0 Å². The second-order valence-electron chi connectivity index (χ2n) is 7.06. The predicted octanol–water partition coefficient (Wildman–Crippen LogP) is 2.61. The number of carboxylic acid groups (broad SMARTS) is 1. The maximum absolute atomic E-state index is 12.4. The summed E-state index contributed by atoms with van der Waals surface area (Å²) in [6.45, 7) is 1.07. The van der Waals surface area contributed by atoms with Crippen LogP contribution in [0, 0.1) is 15.5 Å². The summed E-state index contributed by atoms with van der Waals surface area (Å²) < 4.78 is 5.83. The van der Waals surface area contributed by atoms with Crippen LogP contribution in [0.25, 0.3) is 0 Å². The number of nitrogens with zero attached hydrogens (tertiary/aromatic N) is 2. The average Bonchev–Trinajstić information content (AvgIpc) is 2.58. The van der Waals surface area contributed by atoms with Crippen molar-refractivity contribution in [1.29, 1.82) is 0 Å². The number of non-ortho nitro benzene ring substituents is 1. The molecule has 3 rings (SSSR count). The van der Waals surface area contributed by atoms with Gasteiger partial charge in [0.15, 0.2) is 0 Å². The van der Waals surface area contributed by atoms with Crippen molar-refractivity contribution in [3.05, 3.63) is 34.4 Å². The molecule has 0 unspecified atom stereocenters. The third kappa shape index (κ3) is 3.79. The Balaban J connectivity index is 1.48. The minimum atomic E-state index is -0.867. The van der Waals surface area contributed by atoms with Gasteiger partial charge < -0.3 is 14.7 Å². The van der Waals surface area contributed by atoms with Gasteiger partial charge >= 0.3 is 5.97 Å². The lowest BCUT2D eigenvalue weighted by Crippen LogP contribution is -2.47. The number of benzene rings is 1. The fraction of sp³-hybridized carbons (Fsp3) is 0.556. The van der Waals surface area contributed by atoms with Crippen molar-refractivity contribution >= 4 is 17.6 Å². The van der Waals surface area contributed by atoms with Gasteiger partial charge in [-0.05, 0) is 25.0 Å². The molecule has 26 heavy (non-hydrogen) atoms. The SMILES string of the molecule is O=C(CC1(C(=O)O)CCC1)N1CCC(Oc2ccc([N+](=O)[O-])cc2)CC1. The predicted molar refractivity (Wildman–Crippen MR) is 91.9 cm³/mol. The molecule has 0 aromatic heterocycles. The molecule has 0 spiro atoms. The van der Waals surface area contributed by atoms with Crippen LogP contribution < -0.4 is 4.74 Å². The summed E-state index contributed by atoms with van der Waals surface area (Å²) in [6, 6.07) is 5.95. The van der Waals surface area contributed by atoms with Crippen LogP contribution in [0.1, 0.15) is 38.5 Å². The normalized spacial score (nSPS) is 19.5. The highest BCUT2D eigenvalue weighted by Gasteiger charge is 2.46. The second-order valence-corrected chi connectivity index (χ2v) is 7.06. The van der Waals surface area contributed by atoms with Crippen molar-refractivity contribution in [3.8, 4) is 5.75 Å². The van der Waals surface area contributed by atoms with Crippen molar-refractivity contribution < 1.29 is 24.4 Å². The molecule has 2 aliphatic rings. The second kappa shape index (κ2) is 7.31. The standard InChI is InChI=1S/C18H22N2O6/c21-16(12-18(17(22)23)8-1-9-18)19-10-6-15(7-11-19)26-14-4-2-13(3-5-14)20(24)25/h2-5,15H,1,6-12H2,(H,22,23). The van der Waals surface area contributed by atoms with E-state index in [4.69, 9.17) is 4.74 Å². The van der Waals surface area contributed by atoms with Crippen molar-refractivity contribution in [2.75, 3.05) is 13.1 Å². The number of carbonyl (C=O) groups is 2. The molecule has 140 valence electrons. The van der Waals surface area contributed by atoms with Crippen molar-refractivity contribution in [2.45, 2.75) is 44.6 Å². The van der Waals surface area contributed by atoms with E-state index in [1.54, 1.807) is 17.0 Å². The first-order valence-electron chi connectivity index (χ1n) is 8.82. The summed E-state index contributed by atoms with van der Waals surface area (Å²) in [7, 11) is 0. The Morgan fingerprint density at radius 2 is 1.85 bits per heavy atom. The van der Waals surface area contributed by atoms with Gasteiger partial charge in [-0.1, -0.05) is 6.42 Å². The molecular weight excluding hydrogens is 340 g/mol. The Morgan fingerprint density at radius 1 is 1.23 bits per heavy atom. The monoisotopic (exact) mass is 362 g/mol. The lowest BCUT2D eigenvalue weighted by molar-refractivity contribution is -0.384. The Morgan fingerprint density at radius 3 is 2.31 bits per heavy atom. The summed E-state index contributed by atoms with van der Waals surface area (Å²) in [5.41, 5.74) is -0.843. The van der Waals surface area contributed by atoms with E-state index < -0.39 is 16.3 Å². The smallest absolute Gasteiger partial charge is 0.310 e. The van der Waals surface area contributed by atoms with Gasteiger partial charge in [0, 0.05) is 44.5 Å². The highest BCUT2D eigenvalue weighted by atomic mass is 16.6. The first-order valence-corrected chi connectivity index (χ1v) is 8.82. The average molecular weight is 362 g/mol. The number of amides is 1. The van der Waals surface area contributed by atoms with Crippen molar-refractivity contribution in [2.24, 2.45) is 5.41 Å². The minimum Gasteiger partial charge on any atom is -0.490 e. The highest BCUT2D eigenvalue weighted by molar-refractivity contribution is 5.85. The van der Waals surface area contributed by atoms with Gasteiger partial charge in [-0.25, -0.2) is 0 Å². The number of hydrogen-bond donors (Lipinski definition) is 1. The van der Waals surface area contributed by atoms with Crippen LogP contribution in [0.15, 0.2) is 24.3 Å². The molecule has 8 nitrogen and oxygen atoms in total. The third-order valence-corrected chi connectivity index (χ3v) is 5.40. The van der Waals surface area contributed by atoms with Gasteiger partial charge in [0.05, 0.1) is 10.3 Å². The molecule has 1 aliphatic carbocycles. The van der Waals surface area contributed by atoms with Crippen LogP contribution >= 0.6 is 0 Å². The molecular formula is C18H22N2O6. The first kappa shape index (κ1) is 18.2. The van der Waals surface area contributed by atoms with Crippen LogP contribution in [0.3, 0.4) is 0 Å². The molecule has 8 heteroatoms. The maximum atomic E-state index is 12.4. The molecule has 1 aromatic rings. The van der Waals surface area contributed by atoms with E-state index in [1.807, 2.05) is 0 Å². The number of nitro groups is 1. The van der Waals surface area contributed by atoms with Gasteiger partial charge in [0.25, 0.3) is 5.69 Å². The van der Waals surface area contributed by atoms with Gasteiger partial charge in [0.2, 0.25) is 5.91 Å². The zero-order valence-corrected chi connectivity index (χ0v) is 14.4. The molecule has 1 saturated heterocycles. The molecule has 0 radical (unpaired) electrons. The molecule has 1 N–H and O–H groups in total. The number of hydrogen-bond acceptors (Lipinski definition) is 5. The largest absolute Gasteiger partial charge is 0.490 e. The van der Waals surface area contributed by atoms with Crippen LogP contribution in [0.4, 0.5) is 5.69 Å². The van der Waals surface area contributed by atoms with Crippen LogP contribution in [-0.2, 0) is 9.59 Å². The van der Waals surface area contributed by atoms with E-state index in [0.717, 1.165) is 6.42 Å². The van der Waals surface area contributed by atoms with Crippen LogP contribution in [-0.4, -0.2) is 46.0 Å². The highest BCUT2D eigenvalue weighted by Crippen LogP contribution is 2.44. The van der Waals surface area contributed by atoms with Gasteiger partial charge in [-0.2, -0.15) is 0 Å². The Kier molecular flexibility index (Phi) is 5.11. The molecule has 1 saturated carbocycles. The summed E-state index contributed by atoms with van der Waals surface area (Å²) in [5, 5.41) is 20.0. The zero-order valence-electron chi connectivity index (χ0n) is 14.4. The first-order chi connectivity index (χ1) is 12.4. The summed E-state index contributed by atoms with van der Waals surface area (Å²) in [5.74, 6) is -0.394. The lowest BCUT2D eigenvalue weighted by atomic mass is 9.66. The third-order valence-electron chi connectivity index (χ3n) is 5.40. The van der Waals surface area contributed by atoms with E-state index in [0.29, 0.717) is 44.5 Å². The van der Waals surface area contributed by atoms with E-state index in [1.165, 1.54) is 12.1 Å². The number of nitro benzene ring substituents is 1. The van der Waals surface area contributed by atoms with Gasteiger partial charge in [0.1, 0.15) is 11.9 Å². The zero-order chi connectivity index (χ0) is 18.7. The number of aliphatic carboxylic acids is 1. The van der Waals surface area contributed by atoms with E-state index in [9.17, 15) is 24.8 Å². The van der Waals surface area contributed by atoms with E-state index in [-0.39, 0.29) is 24.1 Å². The quantitative estimate of drug-likeness (QED) is 0.615. The van der Waals surface area contributed by atoms with Crippen molar-refractivity contribution in [3.63, 3.8) is 0 Å². The molecule has 1 amide bonds. The summed E-state index contributed by atoms with van der Waals surface area (Å²) >= 11 is 0. The number of likely N-dealkylation sites (tertiary alicyclic amines) is 1. The lowest BCUT2D eigenvalue weighted by Gasteiger charge is -2.39. The van der Waals surface area contributed by atoms with Crippen molar-refractivity contribution in [1.82, 2.24) is 4.90 Å². The fourth-order valence-corrected chi connectivity index (χ4v) is 3.53. The summed E-state index contributed by atoms with van der Waals surface area (Å²) in [4.78, 5) is 35.8. The van der Waals surface area contributed by atoms with E-state index in [2.05, 4.69) is 0 Å². The number of piperidine rings is 1. The Hall–Kier alpha value is -2.64. The Labute approximate surface area is 150 Å². The Bertz CT molecular complexity index is 690. The molecule has 1 aliphatic heterocycles. The van der Waals surface area contributed by atoms with E-state index >= 15 is 0 Å². The summed E-state index contributed by atoms with van der Waals surface area (Å²) in [6.07, 6.45) is 3.35. The van der Waals surface area contributed by atoms with Crippen LogP contribution in [0.5, 0.6) is 5.75 Å². The number of carbonyl (C=O) groups excluding carboxylic acids is 1. The van der Waals surface area contributed by atoms with Gasteiger partial charge in [-0.15, -0.1) is 0 Å². The molecule has 0 atom stereocenters. The fourth-order valence-electron chi connectivity index (χ4n) is 3.53. The molecule has 1 aromatic carbocycles. The number of ether oxygens (including phenoxy) is 1. The minimum absolute atomic E-state index is 0.0149. The molecule has 2 fully saturated rings.